The van der Waals surface area contributed by atoms with Gasteiger partial charge in [-0.1, -0.05) is 0 Å². The van der Waals surface area contributed by atoms with Crippen LogP contribution in [-0.2, 0) is 7.05 Å². The fourth-order valence-corrected chi connectivity index (χ4v) is 1.47. The van der Waals surface area contributed by atoms with Gasteiger partial charge in [-0.2, -0.15) is 4.98 Å². The Morgan fingerprint density at radius 1 is 1.47 bits per heavy atom. The van der Waals surface area contributed by atoms with Crippen LogP contribution in [0.4, 0.5) is 0 Å². The van der Waals surface area contributed by atoms with E-state index in [0.717, 1.165) is 0 Å². The summed E-state index contributed by atoms with van der Waals surface area (Å²) in [6, 6.07) is 3.36. The van der Waals surface area contributed by atoms with Crippen LogP contribution in [0.15, 0.2) is 27.5 Å². The summed E-state index contributed by atoms with van der Waals surface area (Å²) < 4.78 is 6.53. The standard InChI is InChI=1S/C11H11N3O3/c1-6-3-4-8(17-6)9-7(10(12)15)5-14(2)11(16)13-9/h3-5H,1-2H3,(H2,12,15). The van der Waals surface area contributed by atoms with Gasteiger partial charge >= 0.3 is 5.69 Å². The highest BCUT2D eigenvalue weighted by Gasteiger charge is 2.16. The van der Waals surface area contributed by atoms with Crippen molar-refractivity contribution in [2.75, 3.05) is 0 Å². The fraction of sp³-hybridized carbons (Fsp3) is 0.182. The van der Waals surface area contributed by atoms with Gasteiger partial charge in [0.05, 0.1) is 5.56 Å². The number of furan rings is 1. The van der Waals surface area contributed by atoms with Gasteiger partial charge in [-0.15, -0.1) is 0 Å². The summed E-state index contributed by atoms with van der Waals surface area (Å²) in [5.41, 5.74) is 5.10. The number of aryl methyl sites for hydroxylation is 2. The Bertz CT molecular complexity index is 640. The van der Waals surface area contributed by atoms with Gasteiger partial charge in [0.2, 0.25) is 0 Å². The summed E-state index contributed by atoms with van der Waals surface area (Å²) in [7, 11) is 1.50. The first kappa shape index (κ1) is 11.1. The van der Waals surface area contributed by atoms with E-state index in [-0.39, 0.29) is 11.3 Å². The lowest BCUT2D eigenvalue weighted by Crippen LogP contribution is -2.25. The number of nitrogens with two attached hydrogens (primary N) is 1. The average Bonchev–Trinajstić information content (AvgIpc) is 2.68. The van der Waals surface area contributed by atoms with Crippen molar-refractivity contribution < 1.29 is 9.21 Å². The molecule has 0 bridgehead atoms. The molecule has 0 saturated carbocycles. The van der Waals surface area contributed by atoms with E-state index in [1.807, 2.05) is 0 Å². The number of aromatic nitrogens is 2. The number of hydrogen-bond donors (Lipinski definition) is 1. The molecular weight excluding hydrogens is 222 g/mol. The first-order valence-electron chi connectivity index (χ1n) is 4.93. The molecule has 0 aliphatic heterocycles. The van der Waals surface area contributed by atoms with Gasteiger partial charge in [-0.05, 0) is 19.1 Å². The van der Waals surface area contributed by atoms with Crippen LogP contribution in [0, 0.1) is 6.92 Å². The lowest BCUT2D eigenvalue weighted by Gasteiger charge is -2.04. The van der Waals surface area contributed by atoms with E-state index in [2.05, 4.69) is 4.98 Å². The van der Waals surface area contributed by atoms with Gasteiger partial charge < -0.3 is 14.7 Å². The van der Waals surface area contributed by atoms with Crippen molar-refractivity contribution in [3.63, 3.8) is 0 Å². The lowest BCUT2D eigenvalue weighted by atomic mass is 10.2. The van der Waals surface area contributed by atoms with Crippen molar-refractivity contribution in [1.82, 2.24) is 9.55 Å². The Balaban J connectivity index is 2.71. The number of amides is 1. The first-order chi connectivity index (χ1) is 7.99. The predicted molar refractivity (Wildman–Crippen MR) is 60.4 cm³/mol. The third kappa shape index (κ3) is 1.96. The monoisotopic (exact) mass is 233 g/mol. The topological polar surface area (TPSA) is 91.1 Å². The van der Waals surface area contributed by atoms with Gasteiger partial charge in [0, 0.05) is 13.2 Å². The molecule has 1 amide bonds. The van der Waals surface area contributed by atoms with Crippen molar-refractivity contribution >= 4 is 5.91 Å². The maximum atomic E-state index is 11.5. The number of rotatable bonds is 2. The van der Waals surface area contributed by atoms with Gasteiger partial charge in [0.25, 0.3) is 5.91 Å². The normalized spacial score (nSPS) is 10.5. The second-order valence-electron chi connectivity index (χ2n) is 3.67. The van der Waals surface area contributed by atoms with Crippen LogP contribution in [0.5, 0.6) is 0 Å². The predicted octanol–water partition coefficient (Wildman–Crippen LogP) is 0.448. The van der Waals surface area contributed by atoms with Crippen molar-refractivity contribution in [3.05, 3.63) is 40.1 Å². The maximum absolute atomic E-state index is 11.5. The van der Waals surface area contributed by atoms with Crippen LogP contribution in [0.3, 0.4) is 0 Å². The SMILES string of the molecule is Cc1ccc(-c2nc(=O)n(C)cc2C(N)=O)o1. The summed E-state index contributed by atoms with van der Waals surface area (Å²) in [6.45, 7) is 1.76. The first-order valence-corrected chi connectivity index (χ1v) is 4.93. The Labute approximate surface area is 96.7 Å². The molecule has 0 fully saturated rings. The Kier molecular flexibility index (Phi) is 2.55. The molecule has 0 spiro atoms. The third-order valence-electron chi connectivity index (χ3n) is 2.33. The Hall–Kier alpha value is -2.37. The average molecular weight is 233 g/mol. The molecule has 0 aliphatic carbocycles. The zero-order valence-electron chi connectivity index (χ0n) is 9.43. The van der Waals surface area contributed by atoms with Crippen molar-refractivity contribution in [1.29, 1.82) is 0 Å². The van der Waals surface area contributed by atoms with Gasteiger partial charge in [0.1, 0.15) is 11.5 Å². The second kappa shape index (κ2) is 3.89. The molecule has 17 heavy (non-hydrogen) atoms. The minimum atomic E-state index is -0.655. The van der Waals surface area contributed by atoms with Gasteiger partial charge in [-0.3, -0.25) is 4.79 Å². The molecule has 88 valence electrons. The van der Waals surface area contributed by atoms with Crippen LogP contribution in [0.1, 0.15) is 16.1 Å². The van der Waals surface area contributed by atoms with Gasteiger partial charge in [0.15, 0.2) is 5.76 Å². The Morgan fingerprint density at radius 3 is 2.71 bits per heavy atom. The quantitative estimate of drug-likeness (QED) is 0.815. The Morgan fingerprint density at radius 2 is 2.18 bits per heavy atom. The molecule has 6 heteroatoms. The van der Waals surface area contributed by atoms with Crippen LogP contribution >= 0.6 is 0 Å². The largest absolute Gasteiger partial charge is 0.460 e. The molecule has 0 atom stereocenters. The molecule has 2 rings (SSSR count). The van der Waals surface area contributed by atoms with E-state index >= 15 is 0 Å². The number of primary amides is 1. The smallest absolute Gasteiger partial charge is 0.347 e. The number of nitrogens with zero attached hydrogens (tertiary/aromatic N) is 2. The summed E-state index contributed by atoms with van der Waals surface area (Å²) in [4.78, 5) is 26.5. The molecule has 0 unspecified atom stereocenters. The van der Waals surface area contributed by atoms with Crippen molar-refractivity contribution in [2.45, 2.75) is 6.92 Å². The molecule has 0 saturated heterocycles. The van der Waals surface area contributed by atoms with E-state index in [9.17, 15) is 9.59 Å². The summed E-state index contributed by atoms with van der Waals surface area (Å²) in [5, 5.41) is 0. The van der Waals surface area contributed by atoms with E-state index in [4.69, 9.17) is 10.2 Å². The van der Waals surface area contributed by atoms with Crippen molar-refractivity contribution in [3.8, 4) is 11.5 Å². The zero-order chi connectivity index (χ0) is 12.6. The maximum Gasteiger partial charge on any atom is 0.347 e. The number of carbonyl (C=O) groups is 1. The minimum Gasteiger partial charge on any atom is -0.460 e. The molecule has 0 aliphatic rings. The molecule has 0 radical (unpaired) electrons. The molecule has 2 aromatic rings. The highest BCUT2D eigenvalue weighted by atomic mass is 16.3. The van der Waals surface area contributed by atoms with Crippen LogP contribution in [-0.4, -0.2) is 15.5 Å². The molecule has 2 aromatic heterocycles. The highest BCUT2D eigenvalue weighted by molar-refractivity contribution is 5.97. The van der Waals surface area contributed by atoms with E-state index in [1.165, 1.54) is 17.8 Å². The van der Waals surface area contributed by atoms with Crippen LogP contribution in [0.25, 0.3) is 11.5 Å². The van der Waals surface area contributed by atoms with E-state index < -0.39 is 11.6 Å². The summed E-state index contributed by atoms with van der Waals surface area (Å²) in [6.07, 6.45) is 1.35. The highest BCUT2D eigenvalue weighted by Crippen LogP contribution is 2.21. The summed E-state index contributed by atoms with van der Waals surface area (Å²) in [5.74, 6) is 0.365. The zero-order valence-corrected chi connectivity index (χ0v) is 9.43. The molecule has 0 aromatic carbocycles. The lowest BCUT2D eigenvalue weighted by molar-refractivity contribution is 0.0999. The molecule has 2 heterocycles. The molecule has 6 nitrogen and oxygen atoms in total. The number of carbonyl (C=O) groups excluding carboxylic acids is 1. The minimum absolute atomic E-state index is 0.154. The van der Waals surface area contributed by atoms with E-state index in [1.54, 1.807) is 19.1 Å². The third-order valence-corrected chi connectivity index (χ3v) is 2.33. The second-order valence-corrected chi connectivity index (χ2v) is 3.67. The summed E-state index contributed by atoms with van der Waals surface area (Å²) >= 11 is 0. The van der Waals surface area contributed by atoms with Gasteiger partial charge in [-0.25, -0.2) is 4.79 Å². The molecule has 2 N–H and O–H groups in total. The van der Waals surface area contributed by atoms with E-state index in [0.29, 0.717) is 11.5 Å². The number of hydrogen-bond acceptors (Lipinski definition) is 4. The van der Waals surface area contributed by atoms with Crippen molar-refractivity contribution in [2.24, 2.45) is 12.8 Å². The van der Waals surface area contributed by atoms with Crippen LogP contribution in [0.2, 0.25) is 0 Å². The molecular formula is C11H11N3O3. The fourth-order valence-electron chi connectivity index (χ4n) is 1.47. The van der Waals surface area contributed by atoms with Crippen LogP contribution < -0.4 is 11.4 Å².